The average molecular weight is 405 g/mol. The van der Waals surface area contributed by atoms with E-state index in [-0.39, 0.29) is 24.8 Å². The van der Waals surface area contributed by atoms with Gasteiger partial charge in [0.05, 0.1) is 12.8 Å². The Morgan fingerprint density at radius 2 is 1.62 bits per heavy atom. The maximum Gasteiger partial charge on any atom is 0.303 e. The van der Waals surface area contributed by atoms with E-state index in [9.17, 15) is 14.0 Å². The lowest BCUT2D eigenvalue weighted by atomic mass is 10.1. The number of hydrogen-bond donors (Lipinski definition) is 2. The van der Waals surface area contributed by atoms with Crippen LogP contribution in [0.25, 0.3) is 0 Å². The number of aryl methyl sites for hydroxylation is 1. The van der Waals surface area contributed by atoms with Gasteiger partial charge in [-0.05, 0) is 50.3 Å². The quantitative estimate of drug-likeness (QED) is 0.652. The molecule has 0 radical (unpaired) electrons. The number of nitrogens with zero attached hydrogens (tertiary/aromatic N) is 1. The maximum absolute atomic E-state index is 13.2. The van der Waals surface area contributed by atoms with Crippen LogP contribution in [0.1, 0.15) is 36.5 Å². The molecule has 0 bridgehead atoms. The number of carbonyl (C=O) groups is 2. The lowest BCUT2D eigenvalue weighted by Gasteiger charge is -2.22. The van der Waals surface area contributed by atoms with Crippen molar-refractivity contribution in [3.63, 3.8) is 0 Å². The summed E-state index contributed by atoms with van der Waals surface area (Å²) in [4.78, 5) is 21.4. The van der Waals surface area contributed by atoms with E-state index < -0.39 is 11.9 Å². The molecule has 1 atom stereocenters. The Morgan fingerprint density at radius 1 is 1.03 bits per heavy atom. The van der Waals surface area contributed by atoms with E-state index in [0.29, 0.717) is 0 Å². The number of carboxylic acids is 2. The molecule has 2 aromatic carbocycles. The van der Waals surface area contributed by atoms with Crippen molar-refractivity contribution >= 4 is 11.9 Å². The molecule has 29 heavy (non-hydrogen) atoms. The van der Waals surface area contributed by atoms with Crippen LogP contribution in [-0.4, -0.2) is 47.7 Å². The Morgan fingerprint density at radius 3 is 2.10 bits per heavy atom. The standard InChI is InChI=1S/C18H22FNO.C4H6O4/c1-14-13-16(19)9-10-17(14)21-18(11-12-20(2)3)15-7-5-4-6-8-15;5-3(6)1-2-4(7)8/h4-10,13,18H,11-12H2,1-3H3;1-2H2,(H,5,6)(H,7,8). The molecule has 7 heteroatoms. The highest BCUT2D eigenvalue weighted by Gasteiger charge is 2.15. The van der Waals surface area contributed by atoms with Crippen LogP contribution >= 0.6 is 0 Å². The summed E-state index contributed by atoms with van der Waals surface area (Å²) < 4.78 is 19.3. The third kappa shape index (κ3) is 10.3. The Hall–Kier alpha value is -2.93. The Balaban J connectivity index is 0.000000447. The zero-order chi connectivity index (χ0) is 21.8. The third-order valence-electron chi connectivity index (χ3n) is 3.97. The summed E-state index contributed by atoms with van der Waals surface area (Å²) in [5.74, 6) is -1.65. The Bertz CT molecular complexity index is 766. The molecule has 1 unspecified atom stereocenters. The first-order valence-electron chi connectivity index (χ1n) is 9.25. The topological polar surface area (TPSA) is 87.1 Å². The summed E-state index contributed by atoms with van der Waals surface area (Å²) in [6.45, 7) is 2.80. The van der Waals surface area contributed by atoms with Crippen LogP contribution < -0.4 is 4.74 Å². The highest BCUT2D eigenvalue weighted by Crippen LogP contribution is 2.27. The number of carboxylic acid groups (broad SMARTS) is 2. The van der Waals surface area contributed by atoms with Gasteiger partial charge in [-0.3, -0.25) is 9.59 Å². The summed E-state index contributed by atoms with van der Waals surface area (Å²) in [5, 5.41) is 15.8. The molecule has 0 amide bonds. The normalized spacial score (nSPS) is 11.3. The van der Waals surface area contributed by atoms with Crippen molar-refractivity contribution < 1.29 is 28.9 Å². The van der Waals surface area contributed by atoms with Crippen molar-refractivity contribution in [3.05, 3.63) is 65.5 Å². The maximum atomic E-state index is 13.2. The molecule has 6 nitrogen and oxygen atoms in total. The van der Waals surface area contributed by atoms with Crippen LogP contribution in [-0.2, 0) is 9.59 Å². The summed E-state index contributed by atoms with van der Waals surface area (Å²) in [7, 11) is 4.09. The number of aliphatic carboxylic acids is 2. The van der Waals surface area contributed by atoms with Gasteiger partial charge in [0, 0.05) is 13.0 Å². The smallest absolute Gasteiger partial charge is 0.303 e. The summed E-state index contributed by atoms with van der Waals surface area (Å²) >= 11 is 0. The minimum absolute atomic E-state index is 0.0299. The fourth-order valence-electron chi connectivity index (χ4n) is 2.45. The first-order chi connectivity index (χ1) is 13.7. The fraction of sp³-hybridized carbons (Fsp3) is 0.364. The van der Waals surface area contributed by atoms with Gasteiger partial charge in [0.2, 0.25) is 0 Å². The summed E-state index contributed by atoms with van der Waals surface area (Å²) in [6, 6.07) is 14.8. The van der Waals surface area contributed by atoms with E-state index >= 15 is 0 Å². The minimum Gasteiger partial charge on any atom is -0.485 e. The van der Waals surface area contributed by atoms with Crippen molar-refractivity contribution in [2.75, 3.05) is 20.6 Å². The number of benzene rings is 2. The number of ether oxygens (including phenoxy) is 1. The molecule has 0 saturated carbocycles. The van der Waals surface area contributed by atoms with Crippen molar-refractivity contribution in [3.8, 4) is 5.75 Å². The second-order valence-electron chi connectivity index (χ2n) is 6.81. The molecule has 0 aliphatic rings. The van der Waals surface area contributed by atoms with Crippen LogP contribution in [0.15, 0.2) is 48.5 Å². The Labute approximate surface area is 170 Å². The second kappa shape index (κ2) is 12.5. The van der Waals surface area contributed by atoms with Gasteiger partial charge in [-0.15, -0.1) is 0 Å². The molecule has 0 aromatic heterocycles. The van der Waals surface area contributed by atoms with Crippen LogP contribution in [0.4, 0.5) is 4.39 Å². The van der Waals surface area contributed by atoms with Gasteiger partial charge in [0.15, 0.2) is 0 Å². The molecule has 0 aliphatic heterocycles. The van der Waals surface area contributed by atoms with Gasteiger partial charge in [0.25, 0.3) is 0 Å². The van der Waals surface area contributed by atoms with E-state index in [0.717, 1.165) is 29.8 Å². The van der Waals surface area contributed by atoms with Crippen LogP contribution in [0, 0.1) is 12.7 Å². The molecule has 0 spiro atoms. The lowest BCUT2D eigenvalue weighted by molar-refractivity contribution is -0.143. The van der Waals surface area contributed by atoms with Crippen molar-refractivity contribution in [2.45, 2.75) is 32.3 Å². The molecular weight excluding hydrogens is 377 g/mol. The first kappa shape index (κ1) is 24.1. The molecule has 2 rings (SSSR count). The van der Waals surface area contributed by atoms with Crippen molar-refractivity contribution in [2.24, 2.45) is 0 Å². The number of hydrogen-bond acceptors (Lipinski definition) is 4. The largest absolute Gasteiger partial charge is 0.485 e. The Kier molecular flexibility index (Phi) is 10.4. The van der Waals surface area contributed by atoms with Gasteiger partial charge >= 0.3 is 11.9 Å². The van der Waals surface area contributed by atoms with Gasteiger partial charge in [-0.1, -0.05) is 30.3 Å². The monoisotopic (exact) mass is 405 g/mol. The molecule has 0 saturated heterocycles. The highest BCUT2D eigenvalue weighted by molar-refractivity contribution is 5.75. The summed E-state index contributed by atoms with van der Waals surface area (Å²) in [6.07, 6.45) is 0.260. The predicted octanol–water partition coefficient (Wildman–Crippen LogP) is 4.14. The number of halogens is 1. The van der Waals surface area contributed by atoms with E-state index in [2.05, 4.69) is 17.0 Å². The summed E-state index contributed by atoms with van der Waals surface area (Å²) in [5.41, 5.74) is 1.96. The molecule has 0 aliphatic carbocycles. The van der Waals surface area contributed by atoms with Gasteiger partial charge in [0.1, 0.15) is 17.7 Å². The highest BCUT2D eigenvalue weighted by atomic mass is 19.1. The van der Waals surface area contributed by atoms with Crippen molar-refractivity contribution in [1.29, 1.82) is 0 Å². The van der Waals surface area contributed by atoms with Crippen LogP contribution in [0.5, 0.6) is 5.75 Å². The van der Waals surface area contributed by atoms with Gasteiger partial charge < -0.3 is 19.8 Å². The lowest BCUT2D eigenvalue weighted by Crippen LogP contribution is -2.19. The molecule has 0 fully saturated rings. The van der Waals surface area contributed by atoms with Crippen LogP contribution in [0.2, 0.25) is 0 Å². The zero-order valence-electron chi connectivity index (χ0n) is 17.0. The van der Waals surface area contributed by atoms with E-state index in [1.807, 2.05) is 39.2 Å². The van der Waals surface area contributed by atoms with E-state index in [1.165, 1.54) is 12.1 Å². The molecule has 0 heterocycles. The van der Waals surface area contributed by atoms with Gasteiger partial charge in [-0.25, -0.2) is 4.39 Å². The molecular formula is C22H28FNO5. The third-order valence-corrected chi connectivity index (χ3v) is 3.97. The fourth-order valence-corrected chi connectivity index (χ4v) is 2.45. The molecule has 2 aromatic rings. The zero-order valence-corrected chi connectivity index (χ0v) is 17.0. The number of rotatable bonds is 9. The minimum atomic E-state index is -1.08. The van der Waals surface area contributed by atoms with Gasteiger partial charge in [-0.2, -0.15) is 0 Å². The van der Waals surface area contributed by atoms with E-state index in [1.54, 1.807) is 6.07 Å². The molecule has 2 N–H and O–H groups in total. The van der Waals surface area contributed by atoms with Crippen LogP contribution in [0.3, 0.4) is 0 Å². The van der Waals surface area contributed by atoms with E-state index in [4.69, 9.17) is 14.9 Å². The first-order valence-corrected chi connectivity index (χ1v) is 9.25. The SMILES string of the molecule is Cc1cc(F)ccc1OC(CCN(C)C)c1ccccc1.O=C(O)CCC(=O)O. The average Bonchev–Trinajstić information content (AvgIpc) is 2.66. The van der Waals surface area contributed by atoms with Crippen molar-refractivity contribution in [1.82, 2.24) is 4.90 Å². The predicted molar refractivity (Wildman–Crippen MR) is 109 cm³/mol. The second-order valence-corrected chi connectivity index (χ2v) is 6.81. The molecule has 158 valence electrons.